The topological polar surface area (TPSA) is 13.1 Å². The Bertz CT molecular complexity index is 2380. The van der Waals surface area contributed by atoms with Gasteiger partial charge in [0.05, 0.1) is 0 Å². The number of hydrogen-bond donors (Lipinski definition) is 0. The smallest absolute Gasteiger partial charge is 0.143 e. The van der Waals surface area contributed by atoms with Gasteiger partial charge in [-0.3, -0.25) is 0 Å². The number of hydrogen-bond acceptors (Lipinski definition) is 2. The van der Waals surface area contributed by atoms with Crippen molar-refractivity contribution in [2.75, 3.05) is 0 Å². The van der Waals surface area contributed by atoms with Crippen LogP contribution in [0.25, 0.3) is 86.6 Å². The first-order chi connectivity index (χ1) is 19.8. The minimum Gasteiger partial charge on any atom is -0.455 e. The molecule has 0 aliphatic heterocycles. The summed E-state index contributed by atoms with van der Waals surface area (Å²) in [5.41, 5.74) is 6.79. The summed E-state index contributed by atoms with van der Waals surface area (Å²) < 4.78 is 7.98. The minimum absolute atomic E-state index is 0.939. The van der Waals surface area contributed by atoms with Crippen molar-refractivity contribution >= 4 is 75.7 Å². The van der Waals surface area contributed by atoms with Gasteiger partial charge in [-0.05, 0) is 72.4 Å². The fourth-order valence-electron chi connectivity index (χ4n) is 6.60. The van der Waals surface area contributed by atoms with Crippen molar-refractivity contribution in [1.29, 1.82) is 0 Å². The zero-order chi connectivity index (χ0) is 26.2. The molecule has 0 unspecified atom stereocenters. The van der Waals surface area contributed by atoms with E-state index in [2.05, 4.69) is 133 Å². The maximum absolute atomic E-state index is 6.69. The summed E-state index contributed by atoms with van der Waals surface area (Å²) in [4.78, 5) is 0. The molecule has 2 heteroatoms. The standard InChI is InChI=1S/C38H22OS/c1-2-11-25-23(9-1)10-7-16-26(25)36-27-12-3-5-14-29(27)37(30-15-6-4-13-28(30)36)32-18-8-17-31-33-22-35-24(19-20-40-35)21-34(33)39-38(31)32/h1-22H. The summed E-state index contributed by atoms with van der Waals surface area (Å²) in [5.74, 6) is 0. The van der Waals surface area contributed by atoms with Gasteiger partial charge in [0.25, 0.3) is 0 Å². The van der Waals surface area contributed by atoms with Gasteiger partial charge in [-0.25, -0.2) is 0 Å². The fourth-order valence-corrected chi connectivity index (χ4v) is 7.41. The van der Waals surface area contributed by atoms with Crippen LogP contribution in [0, 0.1) is 0 Å². The van der Waals surface area contributed by atoms with Crippen LogP contribution >= 0.6 is 11.3 Å². The van der Waals surface area contributed by atoms with Gasteiger partial charge in [-0.1, -0.05) is 109 Å². The maximum Gasteiger partial charge on any atom is 0.143 e. The van der Waals surface area contributed by atoms with Gasteiger partial charge < -0.3 is 4.42 Å². The normalized spacial score (nSPS) is 12.0. The summed E-state index contributed by atoms with van der Waals surface area (Å²) >= 11 is 1.78. The highest BCUT2D eigenvalue weighted by molar-refractivity contribution is 7.17. The van der Waals surface area contributed by atoms with E-state index in [4.69, 9.17) is 4.42 Å². The van der Waals surface area contributed by atoms with Gasteiger partial charge in [-0.15, -0.1) is 11.3 Å². The molecule has 0 spiro atoms. The third-order valence-electron chi connectivity index (χ3n) is 8.33. The van der Waals surface area contributed by atoms with Crippen molar-refractivity contribution in [3.05, 3.63) is 133 Å². The Morgan fingerprint density at radius 1 is 0.425 bits per heavy atom. The molecule has 0 amide bonds. The Morgan fingerprint density at radius 2 is 1.00 bits per heavy atom. The summed E-state index contributed by atoms with van der Waals surface area (Å²) in [6.07, 6.45) is 0. The van der Waals surface area contributed by atoms with Crippen molar-refractivity contribution in [1.82, 2.24) is 0 Å². The van der Waals surface area contributed by atoms with Crippen LogP contribution in [0.4, 0.5) is 0 Å². The molecule has 0 radical (unpaired) electrons. The molecule has 9 rings (SSSR count). The Hall–Kier alpha value is -4.92. The molecule has 0 N–H and O–H groups in total. The van der Waals surface area contributed by atoms with Crippen LogP contribution in [0.3, 0.4) is 0 Å². The van der Waals surface area contributed by atoms with Gasteiger partial charge in [0.15, 0.2) is 0 Å². The van der Waals surface area contributed by atoms with E-state index < -0.39 is 0 Å². The first-order valence-corrected chi connectivity index (χ1v) is 14.5. The number of benzene rings is 7. The molecule has 7 aromatic carbocycles. The van der Waals surface area contributed by atoms with Gasteiger partial charge in [0, 0.05) is 26.6 Å². The predicted octanol–water partition coefficient (Wildman–Crippen LogP) is 11.6. The molecule has 1 nitrogen and oxygen atoms in total. The monoisotopic (exact) mass is 526 g/mol. The molecule has 0 bridgehead atoms. The Labute approximate surface area is 234 Å². The molecule has 9 aromatic rings. The average molecular weight is 527 g/mol. The number of thiophene rings is 1. The Balaban J connectivity index is 1.44. The van der Waals surface area contributed by atoms with E-state index in [1.165, 1.54) is 64.5 Å². The molecule has 0 aliphatic carbocycles. The maximum atomic E-state index is 6.69. The highest BCUT2D eigenvalue weighted by Crippen LogP contribution is 2.47. The lowest BCUT2D eigenvalue weighted by molar-refractivity contribution is 0.670. The molecule has 2 heterocycles. The SMILES string of the molecule is c1ccc2c(-c3c4ccccc4c(-c4cccc5c4oc4cc6ccsc6cc45)c4ccccc34)cccc2c1. The van der Waals surface area contributed by atoms with Crippen LogP contribution < -0.4 is 0 Å². The van der Waals surface area contributed by atoms with Crippen LogP contribution in [0.1, 0.15) is 0 Å². The molecular weight excluding hydrogens is 504 g/mol. The third-order valence-corrected chi connectivity index (χ3v) is 9.21. The van der Waals surface area contributed by atoms with Crippen molar-refractivity contribution < 1.29 is 4.42 Å². The average Bonchev–Trinajstić information content (AvgIpc) is 3.62. The van der Waals surface area contributed by atoms with Gasteiger partial charge >= 0.3 is 0 Å². The lowest BCUT2D eigenvalue weighted by atomic mass is 9.84. The van der Waals surface area contributed by atoms with E-state index >= 15 is 0 Å². The van der Waals surface area contributed by atoms with E-state index in [0.717, 1.165) is 22.1 Å². The molecule has 0 atom stereocenters. The molecular formula is C38H22OS. The zero-order valence-electron chi connectivity index (χ0n) is 21.5. The molecule has 2 aromatic heterocycles. The van der Waals surface area contributed by atoms with Crippen LogP contribution in [0.2, 0.25) is 0 Å². The summed E-state index contributed by atoms with van der Waals surface area (Å²) in [5, 5.41) is 13.2. The molecule has 0 fully saturated rings. The number of furan rings is 1. The number of fused-ring (bicyclic) bond motifs is 7. The Kier molecular flexibility index (Phi) is 4.55. The predicted molar refractivity (Wildman–Crippen MR) is 172 cm³/mol. The van der Waals surface area contributed by atoms with Crippen LogP contribution in [-0.4, -0.2) is 0 Å². The van der Waals surface area contributed by atoms with E-state index in [0.29, 0.717) is 0 Å². The van der Waals surface area contributed by atoms with Crippen LogP contribution in [0.5, 0.6) is 0 Å². The van der Waals surface area contributed by atoms with Crippen molar-refractivity contribution in [3.63, 3.8) is 0 Å². The van der Waals surface area contributed by atoms with E-state index in [-0.39, 0.29) is 0 Å². The first-order valence-electron chi connectivity index (χ1n) is 13.6. The van der Waals surface area contributed by atoms with Gasteiger partial charge in [-0.2, -0.15) is 0 Å². The quantitative estimate of drug-likeness (QED) is 0.204. The van der Waals surface area contributed by atoms with E-state index in [9.17, 15) is 0 Å². The first kappa shape index (κ1) is 22.0. The minimum atomic E-state index is 0.939. The number of rotatable bonds is 2. The molecule has 0 saturated carbocycles. The summed E-state index contributed by atoms with van der Waals surface area (Å²) in [6.45, 7) is 0. The van der Waals surface area contributed by atoms with E-state index in [1.807, 2.05) is 0 Å². The Morgan fingerprint density at radius 3 is 1.75 bits per heavy atom. The van der Waals surface area contributed by atoms with E-state index in [1.54, 1.807) is 11.3 Å². The second kappa shape index (κ2) is 8.29. The van der Waals surface area contributed by atoms with Gasteiger partial charge in [0.2, 0.25) is 0 Å². The largest absolute Gasteiger partial charge is 0.455 e. The van der Waals surface area contributed by atoms with Crippen LogP contribution in [0.15, 0.2) is 137 Å². The third kappa shape index (κ3) is 3.03. The molecule has 186 valence electrons. The van der Waals surface area contributed by atoms with Crippen molar-refractivity contribution in [2.45, 2.75) is 0 Å². The number of para-hydroxylation sites is 1. The second-order valence-electron chi connectivity index (χ2n) is 10.5. The second-order valence-corrected chi connectivity index (χ2v) is 11.4. The molecule has 40 heavy (non-hydrogen) atoms. The fraction of sp³-hybridized carbons (Fsp3) is 0. The highest BCUT2D eigenvalue weighted by atomic mass is 32.1. The highest BCUT2D eigenvalue weighted by Gasteiger charge is 2.21. The summed E-state index contributed by atoms with van der Waals surface area (Å²) in [6, 6.07) is 46.3. The van der Waals surface area contributed by atoms with Crippen LogP contribution in [-0.2, 0) is 0 Å². The molecule has 0 aliphatic rings. The van der Waals surface area contributed by atoms with Gasteiger partial charge in [0.1, 0.15) is 11.2 Å². The van der Waals surface area contributed by atoms with Crippen molar-refractivity contribution in [3.8, 4) is 22.3 Å². The lowest BCUT2D eigenvalue weighted by Crippen LogP contribution is -1.91. The zero-order valence-corrected chi connectivity index (χ0v) is 22.3. The lowest BCUT2D eigenvalue weighted by Gasteiger charge is -2.18. The molecule has 0 saturated heterocycles. The van der Waals surface area contributed by atoms with Crippen molar-refractivity contribution in [2.24, 2.45) is 0 Å². The summed E-state index contributed by atoms with van der Waals surface area (Å²) in [7, 11) is 0.